The maximum Gasteiger partial charge on any atom is 0.244 e. The van der Waals surface area contributed by atoms with Gasteiger partial charge in [0.25, 0.3) is 0 Å². The van der Waals surface area contributed by atoms with E-state index in [1.54, 1.807) is 4.90 Å². The van der Waals surface area contributed by atoms with Gasteiger partial charge in [-0.05, 0) is 51.1 Å². The van der Waals surface area contributed by atoms with Crippen LogP contribution in [0.1, 0.15) is 24.5 Å². The molecular weight excluding hydrogens is 278 g/mol. The minimum Gasteiger partial charge on any atom is -0.395 e. The lowest BCUT2D eigenvalue weighted by Gasteiger charge is -2.30. The lowest BCUT2D eigenvalue weighted by atomic mass is 10.1. The molecule has 0 saturated carbocycles. The molecule has 1 N–H and O–H groups in total. The van der Waals surface area contributed by atoms with Crippen LogP contribution in [0.3, 0.4) is 0 Å². The van der Waals surface area contributed by atoms with E-state index in [-0.39, 0.29) is 25.0 Å². The van der Waals surface area contributed by atoms with Gasteiger partial charge in [-0.3, -0.25) is 9.69 Å². The van der Waals surface area contributed by atoms with Crippen molar-refractivity contribution in [2.75, 3.05) is 31.6 Å². The molecule has 0 aliphatic heterocycles. The van der Waals surface area contributed by atoms with Crippen LogP contribution in [0.4, 0.5) is 5.69 Å². The highest BCUT2D eigenvalue weighted by atomic mass is 16.3. The zero-order chi connectivity index (χ0) is 16.7. The number of carbonyl (C=O) groups excluding carboxylic acids is 1. The Balaban J connectivity index is 3.06. The van der Waals surface area contributed by atoms with Crippen molar-refractivity contribution in [1.29, 1.82) is 5.26 Å². The first-order valence-electron chi connectivity index (χ1n) is 7.48. The molecule has 22 heavy (non-hydrogen) atoms. The van der Waals surface area contributed by atoms with Crippen LogP contribution in [-0.2, 0) is 4.79 Å². The number of hydrogen-bond acceptors (Lipinski definition) is 4. The summed E-state index contributed by atoms with van der Waals surface area (Å²) in [5.41, 5.74) is 2.99. The summed E-state index contributed by atoms with van der Waals surface area (Å²) >= 11 is 0. The van der Waals surface area contributed by atoms with Gasteiger partial charge >= 0.3 is 0 Å². The van der Waals surface area contributed by atoms with Crippen LogP contribution in [-0.4, -0.2) is 48.7 Å². The van der Waals surface area contributed by atoms with Crippen LogP contribution in [0.15, 0.2) is 18.2 Å². The van der Waals surface area contributed by atoms with Crippen molar-refractivity contribution in [3.8, 4) is 6.07 Å². The first-order valence-corrected chi connectivity index (χ1v) is 7.48. The van der Waals surface area contributed by atoms with Gasteiger partial charge in [0.05, 0.1) is 25.1 Å². The van der Waals surface area contributed by atoms with E-state index in [1.807, 2.05) is 44.9 Å². The van der Waals surface area contributed by atoms with Gasteiger partial charge < -0.3 is 10.0 Å². The van der Waals surface area contributed by atoms with Gasteiger partial charge in [0.2, 0.25) is 5.91 Å². The first-order chi connectivity index (χ1) is 10.4. The third-order valence-electron chi connectivity index (χ3n) is 3.70. The number of rotatable bonds is 7. The normalized spacial score (nSPS) is 12.0. The summed E-state index contributed by atoms with van der Waals surface area (Å²) in [4.78, 5) is 16.3. The average Bonchev–Trinajstić information content (AvgIpc) is 2.45. The third kappa shape index (κ3) is 4.83. The zero-order valence-corrected chi connectivity index (χ0v) is 13.8. The number of aryl methyl sites for hydroxylation is 2. The lowest BCUT2D eigenvalue weighted by molar-refractivity contribution is -0.122. The second-order valence-electron chi connectivity index (χ2n) is 5.62. The highest BCUT2D eigenvalue weighted by Gasteiger charge is 2.24. The molecule has 0 spiro atoms. The van der Waals surface area contributed by atoms with Crippen molar-refractivity contribution < 1.29 is 9.90 Å². The van der Waals surface area contributed by atoms with E-state index in [0.29, 0.717) is 13.1 Å². The Morgan fingerprint density at radius 1 is 1.27 bits per heavy atom. The number of anilines is 1. The van der Waals surface area contributed by atoms with E-state index in [4.69, 9.17) is 10.4 Å². The molecule has 0 aromatic heterocycles. The highest BCUT2D eigenvalue weighted by Crippen LogP contribution is 2.20. The van der Waals surface area contributed by atoms with Gasteiger partial charge in [0.15, 0.2) is 0 Å². The fourth-order valence-electron chi connectivity index (χ4n) is 2.40. The summed E-state index contributed by atoms with van der Waals surface area (Å²) in [7, 11) is 1.81. The minimum atomic E-state index is -0.355. The summed E-state index contributed by atoms with van der Waals surface area (Å²) in [6.45, 7) is 6.62. The zero-order valence-electron chi connectivity index (χ0n) is 13.8. The molecule has 1 aromatic rings. The SMILES string of the molecule is Cc1cc(C)cc(N(CCC#N)C(=O)C(C)N(C)CCO)c1. The van der Waals surface area contributed by atoms with Crippen LogP contribution in [0.25, 0.3) is 0 Å². The molecular formula is C17H25N3O2. The first kappa shape index (κ1) is 18.1. The fraction of sp³-hybridized carbons (Fsp3) is 0.529. The van der Waals surface area contributed by atoms with Gasteiger partial charge in [0.1, 0.15) is 0 Å². The van der Waals surface area contributed by atoms with Crippen LogP contribution in [0.2, 0.25) is 0 Å². The molecule has 0 aliphatic rings. The summed E-state index contributed by atoms with van der Waals surface area (Å²) in [6.07, 6.45) is 0.287. The van der Waals surface area contributed by atoms with Gasteiger partial charge in [0, 0.05) is 18.8 Å². The molecule has 1 amide bonds. The summed E-state index contributed by atoms with van der Waals surface area (Å²) in [6, 6.07) is 7.71. The standard InChI is InChI=1S/C17H25N3O2/c1-13-10-14(2)12-16(11-13)20(7-5-6-18)17(22)15(3)19(4)8-9-21/h10-12,15,21H,5,7-9H2,1-4H3. The second-order valence-corrected chi connectivity index (χ2v) is 5.62. The van der Waals surface area contributed by atoms with Crippen LogP contribution in [0, 0.1) is 25.2 Å². The highest BCUT2D eigenvalue weighted by molar-refractivity contribution is 5.97. The molecule has 1 unspecified atom stereocenters. The lowest BCUT2D eigenvalue weighted by Crippen LogP contribution is -2.47. The van der Waals surface area contributed by atoms with Crippen LogP contribution >= 0.6 is 0 Å². The number of aliphatic hydroxyl groups is 1. The number of aliphatic hydroxyl groups excluding tert-OH is 1. The van der Waals surface area contributed by atoms with Crippen molar-refractivity contribution in [1.82, 2.24) is 4.90 Å². The van der Waals surface area contributed by atoms with Gasteiger partial charge in [-0.1, -0.05) is 6.07 Å². The van der Waals surface area contributed by atoms with Gasteiger partial charge in [-0.2, -0.15) is 5.26 Å². The second kappa shape index (κ2) is 8.52. The topological polar surface area (TPSA) is 67.6 Å². The van der Waals surface area contributed by atoms with E-state index in [1.165, 1.54) is 0 Å². The summed E-state index contributed by atoms with van der Waals surface area (Å²) in [5.74, 6) is -0.0591. The maximum absolute atomic E-state index is 12.8. The molecule has 5 nitrogen and oxygen atoms in total. The average molecular weight is 303 g/mol. The predicted octanol–water partition coefficient (Wildman–Crippen LogP) is 1.86. The van der Waals surface area contributed by atoms with Crippen molar-refractivity contribution in [2.24, 2.45) is 0 Å². The van der Waals surface area contributed by atoms with E-state index in [9.17, 15) is 4.79 Å². The molecule has 0 bridgehead atoms. The summed E-state index contributed by atoms with van der Waals surface area (Å²) in [5, 5.41) is 17.9. The van der Waals surface area contributed by atoms with E-state index >= 15 is 0 Å². The quantitative estimate of drug-likeness (QED) is 0.835. The third-order valence-corrected chi connectivity index (χ3v) is 3.70. The number of amides is 1. The predicted molar refractivity (Wildman–Crippen MR) is 87.7 cm³/mol. The minimum absolute atomic E-state index is 0.00979. The van der Waals surface area contributed by atoms with E-state index < -0.39 is 0 Å². The monoisotopic (exact) mass is 303 g/mol. The van der Waals surface area contributed by atoms with Crippen LogP contribution in [0.5, 0.6) is 0 Å². The Morgan fingerprint density at radius 2 is 1.86 bits per heavy atom. The van der Waals surface area contributed by atoms with Gasteiger partial charge in [-0.25, -0.2) is 0 Å². The molecule has 0 heterocycles. The Morgan fingerprint density at radius 3 is 2.36 bits per heavy atom. The van der Waals surface area contributed by atoms with E-state index in [2.05, 4.69) is 12.1 Å². The Labute approximate surface area is 132 Å². The van der Waals surface area contributed by atoms with Gasteiger partial charge in [-0.15, -0.1) is 0 Å². The van der Waals surface area contributed by atoms with Crippen LogP contribution < -0.4 is 4.90 Å². The Hall–Kier alpha value is -1.90. The smallest absolute Gasteiger partial charge is 0.244 e. The number of carbonyl (C=O) groups is 1. The number of likely N-dealkylation sites (N-methyl/N-ethyl adjacent to an activating group) is 1. The number of nitriles is 1. The van der Waals surface area contributed by atoms with Crippen molar-refractivity contribution in [3.63, 3.8) is 0 Å². The number of hydrogen-bond donors (Lipinski definition) is 1. The molecule has 1 rings (SSSR count). The molecule has 1 aromatic carbocycles. The van der Waals surface area contributed by atoms with E-state index in [0.717, 1.165) is 16.8 Å². The number of nitrogens with zero attached hydrogens (tertiary/aromatic N) is 3. The Bertz CT molecular complexity index is 531. The molecule has 0 radical (unpaired) electrons. The number of benzene rings is 1. The molecule has 1 atom stereocenters. The maximum atomic E-state index is 12.8. The van der Waals surface area contributed by atoms with Crippen molar-refractivity contribution >= 4 is 11.6 Å². The molecule has 120 valence electrons. The molecule has 5 heteroatoms. The molecule has 0 aliphatic carbocycles. The molecule has 0 saturated heterocycles. The van der Waals surface area contributed by atoms with Crippen molar-refractivity contribution in [2.45, 2.75) is 33.2 Å². The van der Waals surface area contributed by atoms with Crippen molar-refractivity contribution in [3.05, 3.63) is 29.3 Å². The Kier molecular flexibility index (Phi) is 7.03. The summed E-state index contributed by atoms with van der Waals surface area (Å²) < 4.78 is 0. The fourth-order valence-corrected chi connectivity index (χ4v) is 2.40. The molecule has 0 fully saturated rings. The largest absolute Gasteiger partial charge is 0.395 e.